The van der Waals surface area contributed by atoms with Gasteiger partial charge in [-0.15, -0.1) is 10.2 Å². The average Bonchev–Trinajstić information content (AvgIpc) is 2.58. The molecule has 0 spiro atoms. The fourth-order valence-electron chi connectivity index (χ4n) is 1.42. The van der Waals surface area contributed by atoms with Crippen molar-refractivity contribution in [3.05, 3.63) is 10.7 Å². The summed E-state index contributed by atoms with van der Waals surface area (Å²) in [5, 5.41) is 7.64. The first-order chi connectivity index (χ1) is 5.77. The summed E-state index contributed by atoms with van der Waals surface area (Å²) < 4.78 is 10.6. The lowest BCUT2D eigenvalue weighted by atomic mass is 10.0. The minimum Gasteiger partial charge on any atom is -0.415 e. The van der Waals surface area contributed by atoms with Crippen LogP contribution in [0.1, 0.15) is 25.2 Å². The number of halogens is 1. The number of nitrogens with zero attached hydrogens (tertiary/aromatic N) is 2. The molecule has 2 rings (SSSR count). The highest BCUT2D eigenvalue weighted by atomic mass is 79.9. The van der Waals surface area contributed by atoms with Gasteiger partial charge in [-0.3, -0.25) is 0 Å². The molecule has 2 unspecified atom stereocenters. The maximum absolute atomic E-state index is 5.39. The topological polar surface area (TPSA) is 48.2 Å². The molecule has 0 aromatic carbocycles. The molecule has 0 aliphatic carbocycles. The van der Waals surface area contributed by atoms with Crippen molar-refractivity contribution < 1.29 is 9.15 Å². The molecule has 0 radical (unpaired) electrons. The van der Waals surface area contributed by atoms with Gasteiger partial charge in [0.05, 0.1) is 12.0 Å². The smallest absolute Gasteiger partial charge is 0.284 e. The molecule has 12 heavy (non-hydrogen) atoms. The Morgan fingerprint density at radius 3 is 2.83 bits per heavy atom. The fraction of sp³-hybridized carbons (Fsp3) is 0.714. The van der Waals surface area contributed by atoms with E-state index in [1.54, 1.807) is 0 Å². The molecule has 1 aromatic rings. The van der Waals surface area contributed by atoms with E-state index >= 15 is 0 Å². The number of aromatic nitrogens is 2. The average molecular weight is 233 g/mol. The van der Waals surface area contributed by atoms with Crippen LogP contribution in [-0.4, -0.2) is 22.9 Å². The summed E-state index contributed by atoms with van der Waals surface area (Å²) in [7, 11) is 0. The molecule has 1 saturated heterocycles. The molecular weight excluding hydrogens is 224 g/mol. The number of hydrogen-bond acceptors (Lipinski definition) is 4. The van der Waals surface area contributed by atoms with Crippen molar-refractivity contribution in [1.82, 2.24) is 10.2 Å². The Morgan fingerprint density at radius 2 is 2.33 bits per heavy atom. The zero-order valence-electron chi connectivity index (χ0n) is 6.66. The van der Waals surface area contributed by atoms with Gasteiger partial charge in [-0.2, -0.15) is 0 Å². The van der Waals surface area contributed by atoms with Gasteiger partial charge in [-0.1, -0.05) is 0 Å². The minimum absolute atomic E-state index is 0.192. The Balaban J connectivity index is 2.19. The van der Waals surface area contributed by atoms with E-state index in [4.69, 9.17) is 9.15 Å². The molecule has 5 heteroatoms. The van der Waals surface area contributed by atoms with Gasteiger partial charge in [-0.25, -0.2) is 0 Å². The van der Waals surface area contributed by atoms with Crippen LogP contribution >= 0.6 is 15.9 Å². The highest BCUT2D eigenvalue weighted by molar-refractivity contribution is 9.10. The Bertz CT molecular complexity index is 276. The molecular formula is C7H9BrN2O2. The van der Waals surface area contributed by atoms with Crippen molar-refractivity contribution in [2.45, 2.75) is 25.4 Å². The van der Waals surface area contributed by atoms with Gasteiger partial charge in [0.25, 0.3) is 4.80 Å². The maximum Gasteiger partial charge on any atom is 0.284 e. The van der Waals surface area contributed by atoms with Crippen LogP contribution in [0, 0.1) is 0 Å². The van der Waals surface area contributed by atoms with Crippen molar-refractivity contribution in [2.24, 2.45) is 0 Å². The molecule has 4 nitrogen and oxygen atoms in total. The van der Waals surface area contributed by atoms with E-state index in [2.05, 4.69) is 26.1 Å². The Hall–Kier alpha value is -0.420. The number of ether oxygens (including phenoxy) is 1. The van der Waals surface area contributed by atoms with Crippen molar-refractivity contribution in [3.63, 3.8) is 0 Å². The molecule has 1 aliphatic rings. The lowest BCUT2D eigenvalue weighted by molar-refractivity contribution is 0.114. The van der Waals surface area contributed by atoms with E-state index in [1.165, 1.54) is 0 Å². The van der Waals surface area contributed by atoms with E-state index in [0.717, 1.165) is 13.0 Å². The van der Waals surface area contributed by atoms with E-state index in [-0.39, 0.29) is 12.0 Å². The van der Waals surface area contributed by atoms with Gasteiger partial charge < -0.3 is 9.15 Å². The maximum atomic E-state index is 5.39. The molecule has 0 bridgehead atoms. The van der Waals surface area contributed by atoms with Crippen LogP contribution in [0.2, 0.25) is 0 Å². The summed E-state index contributed by atoms with van der Waals surface area (Å²) >= 11 is 3.12. The Labute approximate surface area is 78.4 Å². The lowest BCUT2D eigenvalue weighted by Crippen LogP contribution is -2.09. The third-order valence-electron chi connectivity index (χ3n) is 2.11. The Morgan fingerprint density at radius 1 is 1.50 bits per heavy atom. The van der Waals surface area contributed by atoms with Gasteiger partial charge in [0.2, 0.25) is 5.89 Å². The molecule has 0 N–H and O–H groups in total. The van der Waals surface area contributed by atoms with E-state index < -0.39 is 0 Å². The van der Waals surface area contributed by atoms with E-state index in [1.807, 2.05) is 6.92 Å². The molecule has 66 valence electrons. The van der Waals surface area contributed by atoms with Crippen LogP contribution in [0.15, 0.2) is 9.22 Å². The van der Waals surface area contributed by atoms with Gasteiger partial charge in [0, 0.05) is 22.5 Å². The van der Waals surface area contributed by atoms with Crippen LogP contribution < -0.4 is 0 Å². The predicted molar refractivity (Wildman–Crippen MR) is 44.8 cm³/mol. The predicted octanol–water partition coefficient (Wildman–Crippen LogP) is 1.72. The van der Waals surface area contributed by atoms with Gasteiger partial charge in [0.1, 0.15) is 0 Å². The van der Waals surface area contributed by atoms with Crippen molar-refractivity contribution in [2.75, 3.05) is 6.61 Å². The van der Waals surface area contributed by atoms with Gasteiger partial charge in [0.15, 0.2) is 0 Å². The summed E-state index contributed by atoms with van der Waals surface area (Å²) in [6, 6.07) is 0. The summed E-state index contributed by atoms with van der Waals surface area (Å²) in [6.45, 7) is 2.81. The molecule has 1 fully saturated rings. The van der Waals surface area contributed by atoms with Gasteiger partial charge in [-0.05, 0) is 13.3 Å². The highest BCUT2D eigenvalue weighted by Gasteiger charge is 2.30. The Kier molecular flexibility index (Phi) is 2.14. The third kappa shape index (κ3) is 1.38. The number of hydrogen-bond donors (Lipinski definition) is 0. The molecule has 0 amide bonds. The minimum atomic E-state index is 0.192. The standard InChI is InChI=1S/C7H9BrN2O2/c1-4-5(2-3-11-4)6-9-10-7(8)12-6/h4-5H,2-3H2,1H3. The third-order valence-corrected chi connectivity index (χ3v) is 2.43. The van der Waals surface area contributed by atoms with E-state index in [9.17, 15) is 0 Å². The largest absolute Gasteiger partial charge is 0.415 e. The second kappa shape index (κ2) is 3.14. The normalized spacial score (nSPS) is 29.5. The van der Waals surface area contributed by atoms with Crippen LogP contribution in [0.4, 0.5) is 0 Å². The fourth-order valence-corrected chi connectivity index (χ4v) is 1.67. The summed E-state index contributed by atoms with van der Waals surface area (Å²) in [5.74, 6) is 0.940. The zero-order valence-corrected chi connectivity index (χ0v) is 8.24. The van der Waals surface area contributed by atoms with Gasteiger partial charge >= 0.3 is 0 Å². The molecule has 2 heterocycles. The first-order valence-corrected chi connectivity index (χ1v) is 4.67. The highest BCUT2D eigenvalue weighted by Crippen LogP contribution is 2.30. The first-order valence-electron chi connectivity index (χ1n) is 3.88. The summed E-state index contributed by atoms with van der Waals surface area (Å²) in [4.78, 5) is 0.441. The number of rotatable bonds is 1. The second-order valence-corrected chi connectivity index (χ2v) is 3.54. The lowest BCUT2D eigenvalue weighted by Gasteiger charge is -2.07. The molecule has 1 aromatic heterocycles. The van der Waals surface area contributed by atoms with Crippen molar-refractivity contribution in [3.8, 4) is 0 Å². The SMILES string of the molecule is CC1OCCC1c1nnc(Br)o1. The molecule has 1 aliphatic heterocycles. The summed E-state index contributed by atoms with van der Waals surface area (Å²) in [6.07, 6.45) is 1.16. The molecule has 0 saturated carbocycles. The summed E-state index contributed by atoms with van der Waals surface area (Å²) in [5.41, 5.74) is 0. The van der Waals surface area contributed by atoms with Crippen LogP contribution in [0.3, 0.4) is 0 Å². The second-order valence-electron chi connectivity index (χ2n) is 2.86. The van der Waals surface area contributed by atoms with E-state index in [0.29, 0.717) is 10.7 Å². The first kappa shape index (κ1) is 8.19. The monoisotopic (exact) mass is 232 g/mol. The van der Waals surface area contributed by atoms with Crippen molar-refractivity contribution in [1.29, 1.82) is 0 Å². The van der Waals surface area contributed by atoms with Crippen molar-refractivity contribution >= 4 is 15.9 Å². The molecule has 2 atom stereocenters. The van der Waals surface area contributed by atoms with Crippen LogP contribution in [0.25, 0.3) is 0 Å². The quantitative estimate of drug-likeness (QED) is 0.740. The zero-order chi connectivity index (χ0) is 8.55. The van der Waals surface area contributed by atoms with Crippen LogP contribution in [-0.2, 0) is 4.74 Å². The van der Waals surface area contributed by atoms with Crippen LogP contribution in [0.5, 0.6) is 0 Å².